The Kier molecular flexibility index (Phi) is 2.70. The fourth-order valence-electron chi connectivity index (χ4n) is 0.586. The highest BCUT2D eigenvalue weighted by Gasteiger charge is 2.11. The van der Waals surface area contributed by atoms with Crippen LogP contribution in [-0.2, 0) is 16.2 Å². The van der Waals surface area contributed by atoms with E-state index in [0.717, 1.165) is 4.80 Å². The first kappa shape index (κ1) is 8.60. The predicted octanol–water partition coefficient (Wildman–Crippen LogP) is -0.936. The Labute approximate surface area is 68.3 Å². The maximum absolute atomic E-state index is 10.8. The van der Waals surface area contributed by atoms with Crippen LogP contribution in [0, 0.1) is 0 Å². The summed E-state index contributed by atoms with van der Waals surface area (Å²) in [4.78, 5) is 11.9. The average Bonchev–Trinajstić information content (AvgIpc) is 2.52. The molecule has 0 saturated carbocycles. The summed E-state index contributed by atoms with van der Waals surface area (Å²) < 4.78 is 9.07. The van der Waals surface area contributed by atoms with E-state index < -0.39 is 5.97 Å². The zero-order chi connectivity index (χ0) is 8.97. The van der Waals surface area contributed by atoms with Gasteiger partial charge in [0.05, 0.1) is 7.11 Å². The Balaban J connectivity index is 2.70. The van der Waals surface area contributed by atoms with Gasteiger partial charge in [-0.1, -0.05) is 0 Å². The molecule has 7 nitrogen and oxygen atoms in total. The van der Waals surface area contributed by atoms with Crippen LogP contribution in [0.1, 0.15) is 10.6 Å². The normalized spacial score (nSPS) is 9.83. The van der Waals surface area contributed by atoms with E-state index in [-0.39, 0.29) is 12.6 Å². The molecule has 0 unspecified atom stereocenters. The van der Waals surface area contributed by atoms with E-state index in [0.29, 0.717) is 0 Å². The van der Waals surface area contributed by atoms with Gasteiger partial charge in [-0.15, -0.1) is 15.0 Å². The molecule has 1 aromatic rings. The number of rotatable bonds is 3. The fourth-order valence-corrected chi connectivity index (χ4v) is 0.586. The highest BCUT2D eigenvalue weighted by atomic mass is 16.5. The molecule has 0 aromatic carbocycles. The molecule has 0 radical (unpaired) electrons. The number of methoxy groups -OCH3 is 2. The first-order valence-corrected chi connectivity index (χ1v) is 3.13. The second-order valence-corrected chi connectivity index (χ2v) is 1.89. The minimum atomic E-state index is -0.614. The summed E-state index contributed by atoms with van der Waals surface area (Å²) in [5.74, 6) is -0.688. The third kappa shape index (κ3) is 1.76. The molecule has 0 N–H and O–H groups in total. The first-order valence-electron chi connectivity index (χ1n) is 3.13. The monoisotopic (exact) mass is 172 g/mol. The van der Waals surface area contributed by atoms with Gasteiger partial charge in [-0.3, -0.25) is 0 Å². The summed E-state index contributed by atoms with van der Waals surface area (Å²) in [6.07, 6.45) is 0. The summed E-state index contributed by atoms with van der Waals surface area (Å²) in [7, 11) is 2.74. The number of ether oxygens (including phenoxy) is 2. The largest absolute Gasteiger partial charge is 0.463 e. The lowest BCUT2D eigenvalue weighted by atomic mass is 10.6. The minimum absolute atomic E-state index is 0.0745. The molecule has 0 aliphatic carbocycles. The lowest BCUT2D eigenvalue weighted by Crippen LogP contribution is -2.07. The van der Waals surface area contributed by atoms with Gasteiger partial charge in [0.25, 0.3) is 5.82 Å². The maximum atomic E-state index is 10.8. The highest BCUT2D eigenvalue weighted by Crippen LogP contribution is 1.89. The minimum Gasteiger partial charge on any atom is -0.463 e. The first-order chi connectivity index (χ1) is 5.77. The molecule has 7 heteroatoms. The van der Waals surface area contributed by atoms with E-state index in [4.69, 9.17) is 4.74 Å². The van der Waals surface area contributed by atoms with Gasteiger partial charge < -0.3 is 9.47 Å². The van der Waals surface area contributed by atoms with Crippen molar-refractivity contribution in [1.82, 2.24) is 20.2 Å². The third-order valence-corrected chi connectivity index (χ3v) is 1.07. The highest BCUT2D eigenvalue weighted by molar-refractivity contribution is 5.84. The Morgan fingerprint density at radius 3 is 2.92 bits per heavy atom. The molecule has 0 fully saturated rings. The quantitative estimate of drug-likeness (QED) is 0.547. The van der Waals surface area contributed by atoms with Crippen LogP contribution in [0.25, 0.3) is 0 Å². The molecule has 1 heterocycles. The number of carbonyl (C=O) groups is 1. The van der Waals surface area contributed by atoms with Crippen molar-refractivity contribution in [1.29, 1.82) is 0 Å². The molecule has 1 aromatic heterocycles. The van der Waals surface area contributed by atoms with E-state index in [9.17, 15) is 4.79 Å². The van der Waals surface area contributed by atoms with Crippen molar-refractivity contribution in [2.45, 2.75) is 6.73 Å². The summed E-state index contributed by atoms with van der Waals surface area (Å²) in [6.45, 7) is 0.157. The van der Waals surface area contributed by atoms with E-state index in [2.05, 4.69) is 20.1 Å². The van der Waals surface area contributed by atoms with Crippen molar-refractivity contribution in [3.05, 3.63) is 5.82 Å². The van der Waals surface area contributed by atoms with Crippen molar-refractivity contribution in [3.8, 4) is 0 Å². The van der Waals surface area contributed by atoms with Crippen molar-refractivity contribution in [2.24, 2.45) is 0 Å². The van der Waals surface area contributed by atoms with E-state index in [1.165, 1.54) is 14.2 Å². The van der Waals surface area contributed by atoms with E-state index >= 15 is 0 Å². The van der Waals surface area contributed by atoms with Gasteiger partial charge in [0.1, 0.15) is 0 Å². The van der Waals surface area contributed by atoms with Crippen LogP contribution in [0.2, 0.25) is 0 Å². The molecule has 0 saturated heterocycles. The average molecular weight is 172 g/mol. The number of hydrogen-bond acceptors (Lipinski definition) is 6. The molecule has 1 rings (SSSR count). The summed E-state index contributed by atoms with van der Waals surface area (Å²) >= 11 is 0. The lowest BCUT2D eigenvalue weighted by Gasteiger charge is -1.92. The Morgan fingerprint density at radius 2 is 2.33 bits per heavy atom. The predicted molar refractivity (Wildman–Crippen MR) is 36.2 cm³/mol. The van der Waals surface area contributed by atoms with Crippen LogP contribution in [0.3, 0.4) is 0 Å². The summed E-state index contributed by atoms with van der Waals surface area (Å²) in [5, 5.41) is 10.6. The standard InChI is InChI=1S/C5H8N4O3/c1-11-3-9-7-4(6-8-9)5(10)12-2/h3H2,1-2H3. The smallest absolute Gasteiger partial charge is 0.379 e. The summed E-state index contributed by atoms with van der Waals surface area (Å²) in [5.41, 5.74) is 0. The van der Waals surface area contributed by atoms with Gasteiger partial charge in [0.2, 0.25) is 0 Å². The van der Waals surface area contributed by atoms with Crippen molar-refractivity contribution in [2.75, 3.05) is 14.2 Å². The molecule has 0 atom stereocenters. The zero-order valence-corrected chi connectivity index (χ0v) is 6.72. The van der Waals surface area contributed by atoms with Crippen LogP contribution in [0.5, 0.6) is 0 Å². The van der Waals surface area contributed by atoms with Crippen molar-refractivity contribution >= 4 is 5.97 Å². The lowest BCUT2D eigenvalue weighted by molar-refractivity contribution is 0.0583. The Hall–Kier alpha value is -1.50. The number of aromatic nitrogens is 4. The third-order valence-electron chi connectivity index (χ3n) is 1.07. The fraction of sp³-hybridized carbons (Fsp3) is 0.600. The van der Waals surface area contributed by atoms with Gasteiger partial charge in [0, 0.05) is 7.11 Å². The number of carbonyl (C=O) groups excluding carboxylic acids is 1. The second kappa shape index (κ2) is 3.77. The molecular weight excluding hydrogens is 164 g/mol. The van der Waals surface area contributed by atoms with E-state index in [1.54, 1.807) is 0 Å². The van der Waals surface area contributed by atoms with Crippen LogP contribution in [-0.4, -0.2) is 40.4 Å². The molecule has 66 valence electrons. The summed E-state index contributed by atoms with van der Waals surface area (Å²) in [6, 6.07) is 0. The van der Waals surface area contributed by atoms with Crippen molar-refractivity contribution < 1.29 is 14.3 Å². The van der Waals surface area contributed by atoms with Gasteiger partial charge >= 0.3 is 5.97 Å². The van der Waals surface area contributed by atoms with Gasteiger partial charge in [-0.2, -0.15) is 0 Å². The van der Waals surface area contributed by atoms with Gasteiger partial charge in [0.15, 0.2) is 6.73 Å². The van der Waals surface area contributed by atoms with Crippen LogP contribution in [0.4, 0.5) is 0 Å². The van der Waals surface area contributed by atoms with Crippen molar-refractivity contribution in [3.63, 3.8) is 0 Å². The SMILES string of the molecule is COCn1nnc(C(=O)OC)n1. The van der Waals surface area contributed by atoms with Gasteiger partial charge in [-0.25, -0.2) is 4.79 Å². The second-order valence-electron chi connectivity index (χ2n) is 1.89. The molecule has 0 bridgehead atoms. The van der Waals surface area contributed by atoms with E-state index in [1.807, 2.05) is 0 Å². The Morgan fingerprint density at radius 1 is 1.58 bits per heavy atom. The molecular formula is C5H8N4O3. The molecule has 0 aliphatic rings. The zero-order valence-electron chi connectivity index (χ0n) is 6.72. The number of nitrogens with zero attached hydrogens (tertiary/aromatic N) is 4. The van der Waals surface area contributed by atoms with Crippen LogP contribution < -0.4 is 0 Å². The Bertz CT molecular complexity index is 271. The number of tetrazole rings is 1. The van der Waals surface area contributed by atoms with Crippen LogP contribution >= 0.6 is 0 Å². The van der Waals surface area contributed by atoms with Gasteiger partial charge in [-0.05, 0) is 5.21 Å². The number of esters is 1. The molecule has 0 spiro atoms. The molecule has 0 amide bonds. The van der Waals surface area contributed by atoms with Crippen LogP contribution in [0.15, 0.2) is 0 Å². The topological polar surface area (TPSA) is 79.1 Å². The number of hydrogen-bond donors (Lipinski definition) is 0. The molecule has 0 aliphatic heterocycles. The molecule has 12 heavy (non-hydrogen) atoms. The maximum Gasteiger partial charge on any atom is 0.379 e.